The van der Waals surface area contributed by atoms with Gasteiger partial charge in [-0.15, -0.1) is 0 Å². The Balaban J connectivity index is 3.44. The largest absolute Gasteiger partial charge is 0.273 e. The zero-order valence-electron chi connectivity index (χ0n) is 12.2. The summed E-state index contributed by atoms with van der Waals surface area (Å²) in [7, 11) is -3.91. The molecule has 1 aromatic carbocycles. The van der Waals surface area contributed by atoms with Crippen LogP contribution in [0, 0.1) is 35.3 Å². The van der Waals surface area contributed by atoms with Gasteiger partial charge in [0.2, 0.25) is 10.0 Å². The molecule has 1 rings (SSSR count). The van der Waals surface area contributed by atoms with Crippen LogP contribution in [0.3, 0.4) is 0 Å². The van der Waals surface area contributed by atoms with E-state index in [1.807, 2.05) is 0 Å². The summed E-state index contributed by atoms with van der Waals surface area (Å²) in [5.74, 6) is 0. The Morgan fingerprint density at radius 2 is 2.00 bits per heavy atom. The fourth-order valence-electron chi connectivity index (χ4n) is 1.91. The minimum atomic E-state index is -3.91. The van der Waals surface area contributed by atoms with Crippen LogP contribution in [-0.2, 0) is 10.0 Å². The number of rotatable bonds is 6. The molecule has 0 amide bonds. The highest BCUT2D eigenvalue weighted by atomic mass is 32.2. The van der Waals surface area contributed by atoms with Gasteiger partial charge in [0.25, 0.3) is 5.69 Å². The molecule has 1 aromatic rings. The van der Waals surface area contributed by atoms with Crippen molar-refractivity contribution in [2.45, 2.75) is 32.1 Å². The maximum absolute atomic E-state index is 12.5. The van der Waals surface area contributed by atoms with Gasteiger partial charge in [-0.25, -0.2) is 8.42 Å². The average molecular weight is 311 g/mol. The average Bonchev–Trinajstić information content (AvgIpc) is 2.40. The number of benzene rings is 1. The molecular formula is C13H17N3O4S. The SMILES string of the molecule is CCCN(CC#N)S(=O)(=O)c1cc(C)c(C)c([N+](=O)[O-])c1. The first kappa shape index (κ1) is 17.1. The van der Waals surface area contributed by atoms with Crippen LogP contribution in [0.5, 0.6) is 0 Å². The number of nitro benzene ring substituents is 1. The molecule has 0 radical (unpaired) electrons. The second kappa shape index (κ2) is 6.65. The number of nitrogens with zero attached hydrogens (tertiary/aromatic N) is 3. The smallest absolute Gasteiger partial charge is 0.258 e. The molecule has 0 atom stereocenters. The van der Waals surface area contributed by atoms with Crippen molar-refractivity contribution >= 4 is 15.7 Å². The van der Waals surface area contributed by atoms with Gasteiger partial charge in [0, 0.05) is 18.2 Å². The Morgan fingerprint density at radius 1 is 1.38 bits per heavy atom. The van der Waals surface area contributed by atoms with E-state index in [1.54, 1.807) is 26.8 Å². The summed E-state index contributed by atoms with van der Waals surface area (Å²) in [5.41, 5.74) is 0.722. The molecule has 0 saturated heterocycles. The van der Waals surface area contributed by atoms with Crippen molar-refractivity contribution in [3.63, 3.8) is 0 Å². The fourth-order valence-corrected chi connectivity index (χ4v) is 3.44. The Hall–Kier alpha value is -1.98. The summed E-state index contributed by atoms with van der Waals surface area (Å²) in [6, 6.07) is 4.26. The molecule has 8 heteroatoms. The Morgan fingerprint density at radius 3 is 2.48 bits per heavy atom. The predicted octanol–water partition coefficient (Wildman–Crippen LogP) is 2.14. The van der Waals surface area contributed by atoms with E-state index in [9.17, 15) is 18.5 Å². The summed E-state index contributed by atoms with van der Waals surface area (Å²) in [6.07, 6.45) is 0.549. The highest BCUT2D eigenvalue weighted by Gasteiger charge is 2.27. The van der Waals surface area contributed by atoms with Crippen molar-refractivity contribution in [2.24, 2.45) is 0 Å². The van der Waals surface area contributed by atoms with E-state index in [2.05, 4.69) is 0 Å². The third kappa shape index (κ3) is 3.56. The van der Waals surface area contributed by atoms with Gasteiger partial charge < -0.3 is 0 Å². The lowest BCUT2D eigenvalue weighted by molar-refractivity contribution is -0.385. The van der Waals surface area contributed by atoms with Gasteiger partial charge in [-0.2, -0.15) is 9.57 Å². The van der Waals surface area contributed by atoms with Gasteiger partial charge >= 0.3 is 0 Å². The van der Waals surface area contributed by atoms with Crippen LogP contribution < -0.4 is 0 Å². The molecule has 0 N–H and O–H groups in total. The quantitative estimate of drug-likeness (QED) is 0.454. The number of sulfonamides is 1. The molecular weight excluding hydrogens is 294 g/mol. The molecule has 21 heavy (non-hydrogen) atoms. The number of aryl methyl sites for hydroxylation is 1. The topological polar surface area (TPSA) is 104 Å². The molecule has 0 aliphatic rings. The molecule has 0 aliphatic carbocycles. The van der Waals surface area contributed by atoms with Gasteiger partial charge in [-0.3, -0.25) is 10.1 Å². The van der Waals surface area contributed by atoms with E-state index in [0.717, 1.165) is 10.4 Å². The lowest BCUT2D eigenvalue weighted by atomic mass is 10.1. The van der Waals surface area contributed by atoms with E-state index >= 15 is 0 Å². The van der Waals surface area contributed by atoms with Crippen LogP contribution in [0.4, 0.5) is 5.69 Å². The normalized spacial score (nSPS) is 11.4. The van der Waals surface area contributed by atoms with Crippen molar-refractivity contribution in [2.75, 3.05) is 13.1 Å². The summed E-state index contributed by atoms with van der Waals surface area (Å²) < 4.78 is 26.0. The van der Waals surface area contributed by atoms with Gasteiger partial charge in [0.15, 0.2) is 0 Å². The molecule has 0 unspecified atom stereocenters. The van der Waals surface area contributed by atoms with Crippen LogP contribution >= 0.6 is 0 Å². The second-order valence-corrected chi connectivity index (χ2v) is 6.58. The Bertz CT molecular complexity index is 692. The highest BCUT2D eigenvalue weighted by molar-refractivity contribution is 7.89. The number of hydrogen-bond donors (Lipinski definition) is 0. The summed E-state index contributed by atoms with van der Waals surface area (Å²) in [4.78, 5) is 10.3. The molecule has 0 saturated carbocycles. The molecule has 0 aromatic heterocycles. The van der Waals surface area contributed by atoms with Crippen LogP contribution in [0.25, 0.3) is 0 Å². The minimum Gasteiger partial charge on any atom is -0.258 e. The van der Waals surface area contributed by atoms with Crippen LogP contribution in [-0.4, -0.2) is 30.7 Å². The van der Waals surface area contributed by atoms with Crippen molar-refractivity contribution in [1.82, 2.24) is 4.31 Å². The van der Waals surface area contributed by atoms with E-state index in [0.29, 0.717) is 17.5 Å². The lowest BCUT2D eigenvalue weighted by Gasteiger charge is -2.19. The molecule has 7 nitrogen and oxygen atoms in total. The lowest BCUT2D eigenvalue weighted by Crippen LogP contribution is -2.32. The first-order valence-corrected chi connectivity index (χ1v) is 7.82. The van der Waals surface area contributed by atoms with Crippen molar-refractivity contribution in [3.05, 3.63) is 33.4 Å². The van der Waals surface area contributed by atoms with E-state index in [4.69, 9.17) is 5.26 Å². The van der Waals surface area contributed by atoms with Crippen LogP contribution in [0.15, 0.2) is 17.0 Å². The number of nitriles is 1. The van der Waals surface area contributed by atoms with E-state index in [-0.39, 0.29) is 23.7 Å². The minimum absolute atomic E-state index is 0.152. The molecule has 0 bridgehead atoms. The molecule has 0 aliphatic heterocycles. The maximum atomic E-state index is 12.5. The van der Waals surface area contributed by atoms with Gasteiger partial charge in [0.1, 0.15) is 6.54 Å². The zero-order chi connectivity index (χ0) is 16.2. The van der Waals surface area contributed by atoms with Crippen molar-refractivity contribution in [1.29, 1.82) is 5.26 Å². The first-order chi connectivity index (χ1) is 9.75. The fraction of sp³-hybridized carbons (Fsp3) is 0.462. The molecule has 0 heterocycles. The highest BCUT2D eigenvalue weighted by Crippen LogP contribution is 2.27. The first-order valence-electron chi connectivity index (χ1n) is 6.38. The van der Waals surface area contributed by atoms with E-state index < -0.39 is 14.9 Å². The van der Waals surface area contributed by atoms with Gasteiger partial charge in [-0.1, -0.05) is 6.92 Å². The van der Waals surface area contributed by atoms with Crippen molar-refractivity contribution < 1.29 is 13.3 Å². The predicted molar refractivity (Wildman–Crippen MR) is 77.2 cm³/mol. The van der Waals surface area contributed by atoms with Crippen LogP contribution in [0.1, 0.15) is 24.5 Å². The Kier molecular flexibility index (Phi) is 5.41. The summed E-state index contributed by atoms with van der Waals surface area (Å²) >= 11 is 0. The number of nitro groups is 1. The standard InChI is InChI=1S/C13H17N3O4S/c1-4-6-15(7-5-14)21(19,20)12-8-10(2)11(3)13(9-12)16(17)18/h8-9H,4,6-7H2,1-3H3. The van der Waals surface area contributed by atoms with Gasteiger partial charge in [0.05, 0.1) is 15.9 Å². The Labute approximate surface area is 124 Å². The van der Waals surface area contributed by atoms with Crippen LogP contribution in [0.2, 0.25) is 0 Å². The monoisotopic (exact) mass is 311 g/mol. The van der Waals surface area contributed by atoms with Gasteiger partial charge in [-0.05, 0) is 31.9 Å². The molecule has 0 spiro atoms. The van der Waals surface area contributed by atoms with E-state index in [1.165, 1.54) is 6.07 Å². The zero-order valence-corrected chi connectivity index (χ0v) is 13.0. The second-order valence-electron chi connectivity index (χ2n) is 4.64. The third-order valence-corrected chi connectivity index (χ3v) is 4.99. The molecule has 0 fully saturated rings. The summed E-state index contributed by atoms with van der Waals surface area (Å²) in [5, 5.41) is 19.8. The number of hydrogen-bond acceptors (Lipinski definition) is 5. The maximum Gasteiger partial charge on any atom is 0.273 e. The molecule has 114 valence electrons. The third-order valence-electron chi connectivity index (χ3n) is 3.17. The van der Waals surface area contributed by atoms with Crippen molar-refractivity contribution in [3.8, 4) is 6.07 Å². The summed E-state index contributed by atoms with van der Waals surface area (Å²) in [6.45, 7) is 4.90.